The van der Waals surface area contributed by atoms with Crippen LogP contribution in [-0.2, 0) is 13.0 Å². The van der Waals surface area contributed by atoms with Crippen molar-refractivity contribution in [3.05, 3.63) is 59.4 Å². The van der Waals surface area contributed by atoms with E-state index in [-0.39, 0.29) is 5.91 Å². The fraction of sp³-hybridized carbons (Fsp3) is 0.429. The maximum Gasteiger partial charge on any atom is 0.253 e. The molecule has 1 aromatic carbocycles. The molecule has 0 N–H and O–H groups in total. The van der Waals surface area contributed by atoms with Gasteiger partial charge >= 0.3 is 0 Å². The molecule has 1 aliphatic heterocycles. The number of aromatic nitrogens is 1. The molecular weight excluding hydrogens is 310 g/mol. The van der Waals surface area contributed by atoms with Crippen LogP contribution in [0.5, 0.6) is 0 Å². The number of hydrogen-bond acceptors (Lipinski definition) is 3. The summed E-state index contributed by atoms with van der Waals surface area (Å²) >= 11 is 0. The molecule has 132 valence electrons. The van der Waals surface area contributed by atoms with Crippen molar-refractivity contribution >= 4 is 11.6 Å². The van der Waals surface area contributed by atoms with Crippen molar-refractivity contribution in [3.63, 3.8) is 0 Å². The lowest BCUT2D eigenvalue weighted by atomic mass is 10.1. The average Bonchev–Trinajstić information content (AvgIpc) is 2.69. The molecule has 2 heterocycles. The zero-order chi connectivity index (χ0) is 17.6. The van der Waals surface area contributed by atoms with Gasteiger partial charge in [0.2, 0.25) is 0 Å². The average molecular weight is 337 g/mol. The molecule has 2 aromatic rings. The van der Waals surface area contributed by atoms with Crippen molar-refractivity contribution in [2.24, 2.45) is 0 Å². The second-order valence-electron chi connectivity index (χ2n) is 6.77. The number of aryl methyl sites for hydroxylation is 1. The van der Waals surface area contributed by atoms with Gasteiger partial charge in [-0.3, -0.25) is 9.78 Å². The topological polar surface area (TPSA) is 36.4 Å². The minimum atomic E-state index is 0.0339. The van der Waals surface area contributed by atoms with E-state index >= 15 is 0 Å². The van der Waals surface area contributed by atoms with Crippen molar-refractivity contribution in [1.29, 1.82) is 0 Å². The van der Waals surface area contributed by atoms with Crippen molar-refractivity contribution in [3.8, 4) is 0 Å². The Balaban J connectivity index is 1.62. The molecule has 0 aliphatic carbocycles. The van der Waals surface area contributed by atoms with Gasteiger partial charge in [-0.2, -0.15) is 0 Å². The first-order valence-corrected chi connectivity index (χ1v) is 9.21. The lowest BCUT2D eigenvalue weighted by molar-refractivity contribution is 0.0783. The van der Waals surface area contributed by atoms with E-state index < -0.39 is 0 Å². The number of benzene rings is 1. The second-order valence-corrected chi connectivity index (χ2v) is 6.77. The van der Waals surface area contributed by atoms with E-state index in [1.54, 1.807) is 4.90 Å². The lowest BCUT2D eigenvalue weighted by Gasteiger charge is -2.29. The van der Waals surface area contributed by atoms with Crippen LogP contribution < -0.4 is 4.90 Å². The summed E-state index contributed by atoms with van der Waals surface area (Å²) in [5, 5.41) is 0. The summed E-state index contributed by atoms with van der Waals surface area (Å²) in [6, 6.07) is 12.1. The molecule has 0 radical (unpaired) electrons. The highest BCUT2D eigenvalue weighted by Gasteiger charge is 2.15. The Labute approximate surface area is 150 Å². The first-order valence-electron chi connectivity index (χ1n) is 9.21. The van der Waals surface area contributed by atoms with Gasteiger partial charge in [0.25, 0.3) is 5.91 Å². The molecule has 0 bridgehead atoms. The van der Waals surface area contributed by atoms with E-state index in [2.05, 4.69) is 35.0 Å². The minimum Gasteiger partial charge on any atom is -0.372 e. The third-order valence-corrected chi connectivity index (χ3v) is 4.88. The normalized spacial score (nSPS) is 14.4. The van der Waals surface area contributed by atoms with Crippen molar-refractivity contribution in [1.82, 2.24) is 9.88 Å². The lowest BCUT2D eigenvalue weighted by Crippen LogP contribution is -2.29. The highest BCUT2D eigenvalue weighted by atomic mass is 16.2. The third kappa shape index (κ3) is 4.38. The standard InChI is InChI=1S/C21H27N3O/c1-3-17-7-10-19(22-15-17)16-23(2)21(25)18-8-11-20(12-9-18)24-13-5-4-6-14-24/h7-12,15H,3-6,13-14,16H2,1-2H3. The van der Waals surface area contributed by atoms with Crippen molar-refractivity contribution in [2.45, 2.75) is 39.2 Å². The quantitative estimate of drug-likeness (QED) is 0.830. The zero-order valence-corrected chi connectivity index (χ0v) is 15.2. The summed E-state index contributed by atoms with van der Waals surface area (Å²) in [5.41, 5.74) is 4.08. The number of anilines is 1. The summed E-state index contributed by atoms with van der Waals surface area (Å²) in [4.78, 5) is 21.2. The molecule has 4 nitrogen and oxygen atoms in total. The number of rotatable bonds is 5. The Morgan fingerprint density at radius 2 is 1.80 bits per heavy atom. The van der Waals surface area contributed by atoms with Crippen molar-refractivity contribution < 1.29 is 4.79 Å². The Kier molecular flexibility index (Phi) is 5.69. The predicted molar refractivity (Wildman–Crippen MR) is 102 cm³/mol. The summed E-state index contributed by atoms with van der Waals surface area (Å²) in [5.74, 6) is 0.0339. The van der Waals surface area contributed by atoms with Crippen molar-refractivity contribution in [2.75, 3.05) is 25.0 Å². The van der Waals surface area contributed by atoms with Crippen LogP contribution in [0.25, 0.3) is 0 Å². The number of amides is 1. The highest BCUT2D eigenvalue weighted by Crippen LogP contribution is 2.20. The Morgan fingerprint density at radius 3 is 2.40 bits per heavy atom. The Hall–Kier alpha value is -2.36. The predicted octanol–water partition coefficient (Wildman–Crippen LogP) is 3.91. The molecule has 0 atom stereocenters. The van der Waals surface area contributed by atoms with Crippen LogP contribution in [0.4, 0.5) is 5.69 Å². The van der Waals surface area contributed by atoms with Crippen LogP contribution in [0.15, 0.2) is 42.6 Å². The minimum absolute atomic E-state index is 0.0339. The number of carbonyl (C=O) groups excluding carboxylic acids is 1. The smallest absolute Gasteiger partial charge is 0.253 e. The SMILES string of the molecule is CCc1ccc(CN(C)C(=O)c2ccc(N3CCCCC3)cc2)nc1. The molecule has 0 saturated carbocycles. The molecule has 25 heavy (non-hydrogen) atoms. The van der Waals surface area contributed by atoms with Crippen LogP contribution in [0.2, 0.25) is 0 Å². The maximum atomic E-state index is 12.6. The number of pyridine rings is 1. The molecular formula is C21H27N3O. The third-order valence-electron chi connectivity index (χ3n) is 4.88. The van der Waals surface area contributed by atoms with Crippen LogP contribution in [0, 0.1) is 0 Å². The number of nitrogens with zero attached hydrogens (tertiary/aromatic N) is 3. The molecule has 1 aromatic heterocycles. The van der Waals surface area contributed by atoms with E-state index in [0.29, 0.717) is 6.54 Å². The largest absolute Gasteiger partial charge is 0.372 e. The molecule has 1 aliphatic rings. The van der Waals surface area contributed by atoms with E-state index in [1.807, 2.05) is 31.4 Å². The van der Waals surface area contributed by atoms with Crippen LogP contribution in [0.1, 0.15) is 47.8 Å². The van der Waals surface area contributed by atoms with Gasteiger partial charge in [0, 0.05) is 37.6 Å². The van der Waals surface area contributed by atoms with E-state index in [4.69, 9.17) is 0 Å². The fourth-order valence-electron chi connectivity index (χ4n) is 3.26. The molecule has 1 saturated heterocycles. The second kappa shape index (κ2) is 8.15. The van der Waals surface area contributed by atoms with Crippen LogP contribution in [-0.4, -0.2) is 35.9 Å². The zero-order valence-electron chi connectivity index (χ0n) is 15.2. The molecule has 4 heteroatoms. The van der Waals surface area contributed by atoms with Gasteiger partial charge in [-0.05, 0) is 61.6 Å². The first-order chi connectivity index (χ1) is 12.2. The molecule has 1 fully saturated rings. The van der Waals surface area contributed by atoms with Gasteiger partial charge < -0.3 is 9.80 Å². The Bertz CT molecular complexity index is 688. The van der Waals surface area contributed by atoms with Crippen LogP contribution in [0.3, 0.4) is 0 Å². The van der Waals surface area contributed by atoms with Gasteiger partial charge in [-0.15, -0.1) is 0 Å². The van der Waals surface area contributed by atoms with Gasteiger partial charge in [0.1, 0.15) is 0 Å². The number of hydrogen-bond donors (Lipinski definition) is 0. The highest BCUT2D eigenvalue weighted by molar-refractivity contribution is 5.94. The first kappa shape index (κ1) is 17.5. The Morgan fingerprint density at radius 1 is 1.08 bits per heavy atom. The van der Waals surface area contributed by atoms with E-state index in [1.165, 1.54) is 30.5 Å². The van der Waals surface area contributed by atoms with Gasteiger partial charge in [0.05, 0.1) is 12.2 Å². The van der Waals surface area contributed by atoms with Gasteiger partial charge in [-0.25, -0.2) is 0 Å². The summed E-state index contributed by atoms with van der Waals surface area (Å²) in [7, 11) is 1.83. The summed E-state index contributed by atoms with van der Waals surface area (Å²) in [6.45, 7) is 4.87. The molecule has 0 spiro atoms. The monoisotopic (exact) mass is 337 g/mol. The molecule has 3 rings (SSSR count). The van der Waals surface area contributed by atoms with Gasteiger partial charge in [0.15, 0.2) is 0 Å². The molecule has 1 amide bonds. The molecule has 0 unspecified atom stereocenters. The van der Waals surface area contributed by atoms with Gasteiger partial charge in [-0.1, -0.05) is 13.0 Å². The van der Waals surface area contributed by atoms with Crippen LogP contribution >= 0.6 is 0 Å². The number of piperidine rings is 1. The summed E-state index contributed by atoms with van der Waals surface area (Å²) in [6.07, 6.45) is 6.71. The summed E-state index contributed by atoms with van der Waals surface area (Å²) < 4.78 is 0. The number of carbonyl (C=O) groups is 1. The fourth-order valence-corrected chi connectivity index (χ4v) is 3.26. The van der Waals surface area contributed by atoms with E-state index in [9.17, 15) is 4.79 Å². The van der Waals surface area contributed by atoms with E-state index in [0.717, 1.165) is 30.8 Å². The maximum absolute atomic E-state index is 12.6.